The lowest BCUT2D eigenvalue weighted by Crippen LogP contribution is -2.39. The van der Waals surface area contributed by atoms with Crippen LogP contribution in [0.1, 0.15) is 35.8 Å². The maximum absolute atomic E-state index is 13.6. The number of rotatable bonds is 5. The molecule has 5 heteroatoms. The molecule has 0 aromatic heterocycles. The average Bonchev–Trinajstić information content (AvgIpc) is 2.53. The number of carbonyl (C=O) groups excluding carboxylic acids is 1. The molecule has 2 aromatic rings. The summed E-state index contributed by atoms with van der Waals surface area (Å²) in [5, 5.41) is 15.3. The van der Waals surface area contributed by atoms with Gasteiger partial charge in [0.2, 0.25) is 0 Å². The smallest absolute Gasteiger partial charge is 0.315 e. The summed E-state index contributed by atoms with van der Waals surface area (Å²) >= 11 is 0. The molecular formula is C18H21FN2O2. The predicted octanol–water partition coefficient (Wildman–Crippen LogP) is 3.23. The molecule has 0 aliphatic heterocycles. The third kappa shape index (κ3) is 4.53. The fourth-order valence-corrected chi connectivity index (χ4v) is 2.44. The molecule has 4 nitrogen and oxygen atoms in total. The topological polar surface area (TPSA) is 61.4 Å². The van der Waals surface area contributed by atoms with Crippen LogP contribution in [0.25, 0.3) is 0 Å². The van der Waals surface area contributed by atoms with E-state index in [1.807, 2.05) is 38.1 Å². The van der Waals surface area contributed by atoms with Gasteiger partial charge in [-0.25, -0.2) is 9.18 Å². The largest absolute Gasteiger partial charge is 0.386 e. The Kier molecular flexibility index (Phi) is 5.71. The number of carbonyl (C=O) groups is 1. The third-order valence-corrected chi connectivity index (χ3v) is 3.72. The van der Waals surface area contributed by atoms with E-state index in [2.05, 4.69) is 10.6 Å². The summed E-state index contributed by atoms with van der Waals surface area (Å²) in [4.78, 5) is 11.9. The first-order valence-electron chi connectivity index (χ1n) is 7.51. The Hall–Kier alpha value is -2.40. The van der Waals surface area contributed by atoms with Crippen LogP contribution < -0.4 is 10.6 Å². The van der Waals surface area contributed by atoms with Gasteiger partial charge in [0.1, 0.15) is 5.82 Å². The van der Waals surface area contributed by atoms with Crippen molar-refractivity contribution < 1.29 is 14.3 Å². The van der Waals surface area contributed by atoms with Gasteiger partial charge in [-0.05, 0) is 31.0 Å². The van der Waals surface area contributed by atoms with Gasteiger partial charge in [0.25, 0.3) is 0 Å². The van der Waals surface area contributed by atoms with Crippen molar-refractivity contribution in [3.63, 3.8) is 0 Å². The van der Waals surface area contributed by atoms with Crippen molar-refractivity contribution in [2.45, 2.75) is 26.0 Å². The van der Waals surface area contributed by atoms with Crippen LogP contribution in [0, 0.1) is 12.7 Å². The molecule has 23 heavy (non-hydrogen) atoms. The Bertz CT molecular complexity index is 676. The molecule has 0 bridgehead atoms. The van der Waals surface area contributed by atoms with Gasteiger partial charge >= 0.3 is 6.03 Å². The van der Waals surface area contributed by atoms with E-state index in [-0.39, 0.29) is 18.2 Å². The Balaban J connectivity index is 1.88. The summed E-state index contributed by atoms with van der Waals surface area (Å²) in [6, 6.07) is 13.2. The van der Waals surface area contributed by atoms with Crippen LogP contribution >= 0.6 is 0 Å². The third-order valence-electron chi connectivity index (χ3n) is 3.72. The Morgan fingerprint density at radius 2 is 1.74 bits per heavy atom. The quantitative estimate of drug-likeness (QED) is 0.793. The molecule has 3 N–H and O–H groups in total. The van der Waals surface area contributed by atoms with E-state index in [4.69, 9.17) is 0 Å². The van der Waals surface area contributed by atoms with Gasteiger partial charge in [0.15, 0.2) is 0 Å². The molecule has 122 valence electrons. The maximum atomic E-state index is 13.6. The van der Waals surface area contributed by atoms with Crippen LogP contribution in [-0.4, -0.2) is 17.7 Å². The molecule has 2 aromatic carbocycles. The molecule has 2 atom stereocenters. The highest BCUT2D eigenvalue weighted by Gasteiger charge is 2.15. The highest BCUT2D eigenvalue weighted by molar-refractivity contribution is 5.74. The summed E-state index contributed by atoms with van der Waals surface area (Å²) in [5.74, 6) is -0.490. The van der Waals surface area contributed by atoms with Crippen LogP contribution in [0.3, 0.4) is 0 Å². The number of hydrogen-bond acceptors (Lipinski definition) is 2. The summed E-state index contributed by atoms with van der Waals surface area (Å²) in [6.45, 7) is 3.80. The van der Waals surface area contributed by atoms with Gasteiger partial charge in [-0.2, -0.15) is 0 Å². The zero-order valence-corrected chi connectivity index (χ0v) is 13.2. The highest BCUT2D eigenvalue weighted by atomic mass is 19.1. The summed E-state index contributed by atoms with van der Waals surface area (Å²) in [7, 11) is 0. The minimum atomic E-state index is -1.09. The van der Waals surface area contributed by atoms with E-state index in [0.717, 1.165) is 11.1 Å². The van der Waals surface area contributed by atoms with Crippen LogP contribution in [0.5, 0.6) is 0 Å². The van der Waals surface area contributed by atoms with Gasteiger partial charge in [-0.1, -0.05) is 42.5 Å². The van der Waals surface area contributed by atoms with Gasteiger partial charge in [-0.3, -0.25) is 0 Å². The minimum absolute atomic E-state index is 0.0622. The van der Waals surface area contributed by atoms with Crippen molar-refractivity contribution in [1.29, 1.82) is 0 Å². The first-order chi connectivity index (χ1) is 11.0. The van der Waals surface area contributed by atoms with Crippen molar-refractivity contribution in [1.82, 2.24) is 10.6 Å². The Morgan fingerprint density at radius 1 is 1.13 bits per heavy atom. The number of benzene rings is 2. The molecule has 2 amide bonds. The molecule has 0 radical (unpaired) electrons. The van der Waals surface area contributed by atoms with E-state index in [1.165, 1.54) is 12.1 Å². The summed E-state index contributed by atoms with van der Waals surface area (Å²) in [5.41, 5.74) is 2.28. The number of amides is 2. The van der Waals surface area contributed by atoms with Crippen LogP contribution in [0.4, 0.5) is 9.18 Å². The standard InChI is InChI=1S/C18H21FN2O2/c1-12-7-3-4-8-14(12)13(2)21-18(23)20-11-17(22)15-9-5-6-10-16(15)19/h3-10,13,17,22H,11H2,1-2H3,(H2,20,21,23). The lowest BCUT2D eigenvalue weighted by Gasteiger charge is -2.18. The monoisotopic (exact) mass is 316 g/mol. The van der Waals surface area contributed by atoms with Crippen molar-refractivity contribution in [2.75, 3.05) is 6.54 Å². The molecule has 0 saturated carbocycles. The van der Waals surface area contributed by atoms with Gasteiger partial charge in [0, 0.05) is 12.1 Å². The molecule has 0 aliphatic rings. The van der Waals surface area contributed by atoms with E-state index in [1.54, 1.807) is 12.1 Å². The Morgan fingerprint density at radius 3 is 2.39 bits per heavy atom. The number of halogens is 1. The van der Waals surface area contributed by atoms with Crippen molar-refractivity contribution in [2.24, 2.45) is 0 Å². The molecule has 0 saturated heterocycles. The summed E-state index contributed by atoms with van der Waals surface area (Å²) < 4.78 is 13.6. The Labute approximate surface area is 135 Å². The average molecular weight is 316 g/mol. The number of aliphatic hydroxyl groups is 1. The molecule has 0 heterocycles. The molecule has 0 spiro atoms. The molecule has 2 unspecified atom stereocenters. The molecule has 2 rings (SSSR count). The van der Waals surface area contributed by atoms with Crippen LogP contribution in [0.15, 0.2) is 48.5 Å². The fourth-order valence-electron chi connectivity index (χ4n) is 2.44. The van der Waals surface area contributed by atoms with Crippen LogP contribution in [0.2, 0.25) is 0 Å². The normalized spacial score (nSPS) is 13.2. The van der Waals surface area contributed by atoms with Gasteiger partial charge < -0.3 is 15.7 Å². The van der Waals surface area contributed by atoms with Crippen molar-refractivity contribution in [3.8, 4) is 0 Å². The van der Waals surface area contributed by atoms with Gasteiger partial charge in [0.05, 0.1) is 12.1 Å². The lowest BCUT2D eigenvalue weighted by molar-refractivity contribution is 0.168. The molecule has 0 fully saturated rings. The van der Waals surface area contributed by atoms with Gasteiger partial charge in [-0.15, -0.1) is 0 Å². The number of urea groups is 1. The number of aryl methyl sites for hydroxylation is 1. The SMILES string of the molecule is Cc1ccccc1C(C)NC(=O)NCC(O)c1ccccc1F. The van der Waals surface area contributed by atoms with Crippen LogP contribution in [-0.2, 0) is 0 Å². The minimum Gasteiger partial charge on any atom is -0.386 e. The second-order valence-electron chi connectivity index (χ2n) is 5.47. The van der Waals surface area contributed by atoms with Crippen molar-refractivity contribution >= 4 is 6.03 Å². The highest BCUT2D eigenvalue weighted by Crippen LogP contribution is 2.17. The molecule has 0 aliphatic carbocycles. The number of aliphatic hydroxyl groups excluding tert-OH is 1. The zero-order chi connectivity index (χ0) is 16.8. The summed E-state index contributed by atoms with van der Waals surface area (Å²) in [6.07, 6.45) is -1.09. The van der Waals surface area contributed by atoms with E-state index in [0.29, 0.717) is 0 Å². The number of hydrogen-bond donors (Lipinski definition) is 3. The second kappa shape index (κ2) is 7.74. The van der Waals surface area contributed by atoms with E-state index in [9.17, 15) is 14.3 Å². The second-order valence-corrected chi connectivity index (χ2v) is 5.47. The van der Waals surface area contributed by atoms with Crippen molar-refractivity contribution in [3.05, 3.63) is 71.0 Å². The lowest BCUT2D eigenvalue weighted by atomic mass is 10.0. The predicted molar refractivity (Wildman–Crippen MR) is 87.5 cm³/mol. The first-order valence-corrected chi connectivity index (χ1v) is 7.51. The number of nitrogens with one attached hydrogen (secondary N) is 2. The zero-order valence-electron chi connectivity index (χ0n) is 13.2. The fraction of sp³-hybridized carbons (Fsp3) is 0.278. The maximum Gasteiger partial charge on any atom is 0.315 e. The molecular weight excluding hydrogens is 295 g/mol. The van der Waals surface area contributed by atoms with E-state index < -0.39 is 18.0 Å². The first kappa shape index (κ1) is 17.0. The van der Waals surface area contributed by atoms with E-state index >= 15 is 0 Å².